The summed E-state index contributed by atoms with van der Waals surface area (Å²) in [6.45, 7) is 4.77. The molecule has 0 saturated heterocycles. The Kier molecular flexibility index (Phi) is 6.44. The van der Waals surface area contributed by atoms with Crippen LogP contribution in [0.1, 0.15) is 68.2 Å². The summed E-state index contributed by atoms with van der Waals surface area (Å²) in [7, 11) is 0. The molecular formula is C55H46N2. The van der Waals surface area contributed by atoms with Crippen LogP contribution < -0.4 is 4.90 Å². The summed E-state index contributed by atoms with van der Waals surface area (Å²) in [5, 5.41) is 2.55. The van der Waals surface area contributed by atoms with E-state index >= 15 is 0 Å². The van der Waals surface area contributed by atoms with Gasteiger partial charge in [0, 0.05) is 44.4 Å². The lowest BCUT2D eigenvalue weighted by Gasteiger charge is -2.61. The molecule has 6 aliphatic rings. The van der Waals surface area contributed by atoms with E-state index in [9.17, 15) is 0 Å². The second-order valence-corrected chi connectivity index (χ2v) is 18.6. The Morgan fingerprint density at radius 1 is 0.439 bits per heavy atom. The lowest BCUT2D eigenvalue weighted by atomic mass is 9.43. The topological polar surface area (TPSA) is 8.17 Å². The first-order valence-corrected chi connectivity index (χ1v) is 21.4. The molecule has 2 heteroatoms. The number of anilines is 3. The molecule has 14 rings (SSSR count). The van der Waals surface area contributed by atoms with Gasteiger partial charge in [0.05, 0.1) is 11.0 Å². The molecule has 4 bridgehead atoms. The third-order valence-corrected chi connectivity index (χ3v) is 15.5. The largest absolute Gasteiger partial charge is 0.310 e. The molecule has 1 aromatic heterocycles. The normalized spacial score (nSPS) is 24.2. The summed E-state index contributed by atoms with van der Waals surface area (Å²) in [6, 6.07) is 60.3. The zero-order chi connectivity index (χ0) is 37.6. The van der Waals surface area contributed by atoms with Crippen LogP contribution in [-0.4, -0.2) is 4.57 Å². The Morgan fingerprint density at radius 3 is 1.79 bits per heavy atom. The number of para-hydroxylation sites is 2. The first kappa shape index (κ1) is 32.2. The number of benzene rings is 7. The Morgan fingerprint density at radius 2 is 1.00 bits per heavy atom. The van der Waals surface area contributed by atoms with Gasteiger partial charge in [0.15, 0.2) is 0 Å². The number of rotatable bonds is 4. The molecule has 4 saturated carbocycles. The van der Waals surface area contributed by atoms with E-state index in [1.165, 1.54) is 110 Å². The van der Waals surface area contributed by atoms with Crippen molar-refractivity contribution < 1.29 is 0 Å². The summed E-state index contributed by atoms with van der Waals surface area (Å²) in [6.07, 6.45) is 7.01. The third kappa shape index (κ3) is 4.21. The van der Waals surface area contributed by atoms with E-state index in [1.807, 2.05) is 0 Å². The molecular weight excluding hydrogens is 689 g/mol. The van der Waals surface area contributed by atoms with E-state index < -0.39 is 0 Å². The van der Waals surface area contributed by atoms with Crippen LogP contribution in [0.4, 0.5) is 17.1 Å². The van der Waals surface area contributed by atoms with Crippen LogP contribution in [0.3, 0.4) is 0 Å². The van der Waals surface area contributed by atoms with Crippen molar-refractivity contribution in [3.63, 3.8) is 0 Å². The molecule has 0 atom stereocenters. The van der Waals surface area contributed by atoms with Gasteiger partial charge in [-0.05, 0) is 161 Å². The van der Waals surface area contributed by atoms with Gasteiger partial charge in [0.1, 0.15) is 0 Å². The minimum Gasteiger partial charge on any atom is -0.310 e. The number of hydrogen-bond donors (Lipinski definition) is 0. The molecule has 6 aliphatic carbocycles. The van der Waals surface area contributed by atoms with Gasteiger partial charge < -0.3 is 9.47 Å². The molecule has 1 spiro atoms. The molecule has 1 heterocycles. The summed E-state index contributed by atoms with van der Waals surface area (Å²) >= 11 is 0. The number of fused-ring (bicyclic) bond motifs is 9. The maximum atomic E-state index is 2.65. The van der Waals surface area contributed by atoms with Crippen molar-refractivity contribution >= 4 is 38.9 Å². The fraction of sp³-hybridized carbons (Fsp3) is 0.236. The van der Waals surface area contributed by atoms with Gasteiger partial charge in [-0.15, -0.1) is 0 Å². The Hall–Kier alpha value is -5.86. The summed E-state index contributed by atoms with van der Waals surface area (Å²) in [5.41, 5.74) is 19.1. The van der Waals surface area contributed by atoms with Crippen molar-refractivity contribution in [2.24, 2.45) is 23.7 Å². The van der Waals surface area contributed by atoms with Crippen LogP contribution in [0.5, 0.6) is 0 Å². The van der Waals surface area contributed by atoms with Crippen LogP contribution in [-0.2, 0) is 10.8 Å². The van der Waals surface area contributed by atoms with Crippen LogP contribution in [0.25, 0.3) is 49.7 Å². The molecule has 4 fully saturated rings. The lowest BCUT2D eigenvalue weighted by Crippen LogP contribution is -2.55. The number of nitrogens with zero attached hydrogens (tertiary/aromatic N) is 2. The van der Waals surface area contributed by atoms with Gasteiger partial charge in [-0.3, -0.25) is 0 Å². The van der Waals surface area contributed by atoms with E-state index in [0.717, 1.165) is 23.7 Å². The molecule has 0 N–H and O–H groups in total. The zero-order valence-electron chi connectivity index (χ0n) is 32.8. The molecule has 0 radical (unpaired) electrons. The second-order valence-electron chi connectivity index (χ2n) is 18.6. The zero-order valence-corrected chi connectivity index (χ0v) is 32.8. The Labute approximate surface area is 335 Å². The second kappa shape index (κ2) is 11.4. The lowest BCUT2D eigenvalue weighted by molar-refractivity contribution is -0.0399. The van der Waals surface area contributed by atoms with Gasteiger partial charge >= 0.3 is 0 Å². The summed E-state index contributed by atoms with van der Waals surface area (Å²) < 4.78 is 2.43. The molecule has 57 heavy (non-hydrogen) atoms. The summed E-state index contributed by atoms with van der Waals surface area (Å²) in [4.78, 5) is 2.58. The van der Waals surface area contributed by atoms with E-state index in [-0.39, 0.29) is 10.8 Å². The molecule has 0 aliphatic heterocycles. The predicted octanol–water partition coefficient (Wildman–Crippen LogP) is 14.3. The number of hydrogen-bond acceptors (Lipinski definition) is 1. The standard InChI is InChI=1S/C55H46N2/c1-54(2)48-17-9-6-15-43(48)46-31-39(21-24-49(46)54)56(40-22-25-53-47(32-40)45-16-8-11-19-52(45)57(53)38-12-4-3-5-13-38)41-20-23-44-42-14-7-10-18-50(42)55(51(44)33-41)36-27-34-26-35(29-36)30-37(55)28-34/h3-25,31-37H,26-30H2,1-2H3. The maximum absolute atomic E-state index is 2.65. The average Bonchev–Trinajstić information content (AvgIpc) is 3.81. The van der Waals surface area contributed by atoms with Crippen molar-refractivity contribution in [2.75, 3.05) is 4.90 Å². The van der Waals surface area contributed by atoms with Crippen molar-refractivity contribution in [1.82, 2.24) is 4.57 Å². The highest BCUT2D eigenvalue weighted by molar-refractivity contribution is 6.10. The maximum Gasteiger partial charge on any atom is 0.0542 e. The van der Waals surface area contributed by atoms with E-state index in [0.29, 0.717) is 0 Å². The van der Waals surface area contributed by atoms with Crippen molar-refractivity contribution in [3.05, 3.63) is 180 Å². The minimum atomic E-state index is -0.0430. The van der Waals surface area contributed by atoms with Gasteiger partial charge in [-0.25, -0.2) is 0 Å². The van der Waals surface area contributed by atoms with E-state index in [2.05, 4.69) is 181 Å². The monoisotopic (exact) mass is 734 g/mol. The molecule has 276 valence electrons. The molecule has 2 nitrogen and oxygen atoms in total. The fourth-order valence-electron chi connectivity index (χ4n) is 13.5. The highest BCUT2D eigenvalue weighted by Crippen LogP contribution is 2.69. The molecule has 0 unspecified atom stereocenters. The van der Waals surface area contributed by atoms with Crippen molar-refractivity contribution in [1.29, 1.82) is 0 Å². The Bertz CT molecular complexity index is 2930. The third-order valence-electron chi connectivity index (χ3n) is 15.5. The van der Waals surface area contributed by atoms with Crippen molar-refractivity contribution in [3.8, 4) is 27.9 Å². The molecule has 7 aromatic carbocycles. The van der Waals surface area contributed by atoms with Crippen LogP contribution >= 0.6 is 0 Å². The van der Waals surface area contributed by atoms with Crippen LogP contribution in [0.15, 0.2) is 158 Å². The highest BCUT2D eigenvalue weighted by atomic mass is 15.1. The highest BCUT2D eigenvalue weighted by Gasteiger charge is 2.61. The molecule has 8 aromatic rings. The van der Waals surface area contributed by atoms with E-state index in [4.69, 9.17) is 0 Å². The van der Waals surface area contributed by atoms with Gasteiger partial charge in [0.25, 0.3) is 0 Å². The summed E-state index contributed by atoms with van der Waals surface area (Å²) in [5.74, 6) is 3.27. The van der Waals surface area contributed by atoms with Crippen LogP contribution in [0, 0.1) is 23.7 Å². The first-order valence-electron chi connectivity index (χ1n) is 21.4. The van der Waals surface area contributed by atoms with Gasteiger partial charge in [-0.2, -0.15) is 0 Å². The number of aromatic nitrogens is 1. The average molecular weight is 735 g/mol. The van der Waals surface area contributed by atoms with Gasteiger partial charge in [-0.1, -0.05) is 111 Å². The minimum absolute atomic E-state index is 0.0430. The Balaban J connectivity index is 1.06. The predicted molar refractivity (Wildman–Crippen MR) is 236 cm³/mol. The fourth-order valence-corrected chi connectivity index (χ4v) is 13.5. The quantitative estimate of drug-likeness (QED) is 0.175. The first-order chi connectivity index (χ1) is 28.0. The van der Waals surface area contributed by atoms with Gasteiger partial charge in [0.2, 0.25) is 0 Å². The molecule has 0 amide bonds. The van der Waals surface area contributed by atoms with Crippen molar-refractivity contribution in [2.45, 2.75) is 56.8 Å². The van der Waals surface area contributed by atoms with Crippen LogP contribution in [0.2, 0.25) is 0 Å². The smallest absolute Gasteiger partial charge is 0.0542 e. The van der Waals surface area contributed by atoms with E-state index in [1.54, 1.807) is 11.1 Å². The SMILES string of the molecule is CC1(C)c2ccccc2-c2cc(N(c3ccc4c(c3)C3(c5ccccc5-4)C4CC5CC(C4)CC3C5)c3ccc4c(c3)c3ccccc3n4-c3ccccc3)ccc21.